The van der Waals surface area contributed by atoms with Gasteiger partial charge in [0.05, 0.1) is 23.4 Å². The first-order valence-corrected chi connectivity index (χ1v) is 8.49. The smallest absolute Gasteiger partial charge is 0.435 e. The van der Waals surface area contributed by atoms with Crippen molar-refractivity contribution in [1.29, 1.82) is 0 Å². The zero-order valence-electron chi connectivity index (χ0n) is 15.1. The number of esters is 1. The summed E-state index contributed by atoms with van der Waals surface area (Å²) in [5.74, 6) is -1.61. The van der Waals surface area contributed by atoms with Gasteiger partial charge in [-0.25, -0.2) is 4.79 Å². The Balaban J connectivity index is 1.97. The molecule has 0 atom stereocenters. The van der Waals surface area contributed by atoms with Crippen LogP contribution in [0.2, 0.25) is 0 Å². The highest BCUT2D eigenvalue weighted by atomic mass is 19.4. The molecule has 1 aliphatic heterocycles. The first-order chi connectivity index (χ1) is 13.7. The maximum atomic E-state index is 13.4. The normalized spacial score (nSPS) is 15.6. The quantitative estimate of drug-likeness (QED) is 0.619. The minimum absolute atomic E-state index is 0.0575. The summed E-state index contributed by atoms with van der Waals surface area (Å²) < 4.78 is 45.2. The molecule has 0 aliphatic carbocycles. The van der Waals surface area contributed by atoms with Gasteiger partial charge in [0.25, 0.3) is 5.91 Å². The van der Waals surface area contributed by atoms with E-state index in [0.29, 0.717) is 10.6 Å². The molecule has 1 amide bonds. The van der Waals surface area contributed by atoms with Crippen LogP contribution in [0.4, 0.5) is 18.9 Å². The third kappa shape index (κ3) is 4.29. The highest BCUT2D eigenvalue weighted by molar-refractivity contribution is 6.34. The van der Waals surface area contributed by atoms with Crippen LogP contribution in [0.1, 0.15) is 22.8 Å². The predicted molar refractivity (Wildman–Crippen MR) is 99.5 cm³/mol. The van der Waals surface area contributed by atoms with Gasteiger partial charge in [-0.2, -0.15) is 23.3 Å². The number of carbonyl (C=O) groups is 2. The van der Waals surface area contributed by atoms with Crippen molar-refractivity contribution in [3.63, 3.8) is 0 Å². The summed E-state index contributed by atoms with van der Waals surface area (Å²) in [6, 6.07) is 10.6. The molecule has 0 unspecified atom stereocenters. The molecule has 9 heteroatoms. The molecule has 6 nitrogen and oxygen atoms in total. The number of aromatic hydroxyl groups is 1. The van der Waals surface area contributed by atoms with E-state index < -0.39 is 29.3 Å². The van der Waals surface area contributed by atoms with Crippen LogP contribution >= 0.6 is 0 Å². The van der Waals surface area contributed by atoms with E-state index >= 15 is 0 Å². The summed E-state index contributed by atoms with van der Waals surface area (Å²) in [7, 11) is 0. The molecule has 0 saturated heterocycles. The summed E-state index contributed by atoms with van der Waals surface area (Å²) in [6.07, 6.45) is -3.79. The predicted octanol–water partition coefficient (Wildman–Crippen LogP) is 3.92. The molecular formula is C20H15F3N2O4. The summed E-state index contributed by atoms with van der Waals surface area (Å²) in [6.45, 7) is 1.82. The number of benzene rings is 2. The number of rotatable bonds is 4. The molecule has 1 heterocycles. The fraction of sp³-hybridized carbons (Fsp3) is 0.150. The van der Waals surface area contributed by atoms with Gasteiger partial charge in [0.1, 0.15) is 5.75 Å². The number of ether oxygens (including phenoxy) is 1. The number of hydrogen-bond donors (Lipinski definition) is 1. The minimum Gasteiger partial charge on any atom is -0.508 e. The van der Waals surface area contributed by atoms with Gasteiger partial charge < -0.3 is 9.84 Å². The first kappa shape index (κ1) is 20.1. The third-order valence-electron chi connectivity index (χ3n) is 3.97. The van der Waals surface area contributed by atoms with Crippen molar-refractivity contribution in [3.05, 3.63) is 65.2 Å². The van der Waals surface area contributed by atoms with Gasteiger partial charge in [0.2, 0.25) is 0 Å². The van der Waals surface area contributed by atoms with Gasteiger partial charge >= 0.3 is 12.1 Å². The fourth-order valence-electron chi connectivity index (χ4n) is 2.62. The van der Waals surface area contributed by atoms with E-state index in [4.69, 9.17) is 4.74 Å². The Morgan fingerprint density at radius 2 is 1.76 bits per heavy atom. The second kappa shape index (κ2) is 7.78. The second-order valence-electron chi connectivity index (χ2n) is 5.98. The van der Waals surface area contributed by atoms with Crippen LogP contribution in [-0.4, -0.2) is 35.5 Å². The average molecular weight is 404 g/mol. The molecule has 29 heavy (non-hydrogen) atoms. The maximum Gasteiger partial charge on any atom is 0.435 e. The van der Waals surface area contributed by atoms with Crippen molar-refractivity contribution in [3.8, 4) is 5.75 Å². The van der Waals surface area contributed by atoms with Crippen molar-refractivity contribution in [2.75, 3.05) is 11.6 Å². The number of nitrogens with zero attached hydrogens (tertiary/aromatic N) is 2. The molecule has 0 saturated carbocycles. The van der Waals surface area contributed by atoms with Crippen LogP contribution in [0.3, 0.4) is 0 Å². The summed E-state index contributed by atoms with van der Waals surface area (Å²) in [5.41, 5.74) is -1.40. The van der Waals surface area contributed by atoms with E-state index in [1.807, 2.05) is 0 Å². The fourth-order valence-corrected chi connectivity index (χ4v) is 2.62. The SMILES string of the molecule is CCOC(=O)c1ccc(N2N=C(C(F)(F)F)C(=Cc3ccc(O)cc3)C2=O)cc1. The molecule has 0 radical (unpaired) electrons. The lowest BCUT2D eigenvalue weighted by Crippen LogP contribution is -2.25. The van der Waals surface area contributed by atoms with E-state index in [9.17, 15) is 27.9 Å². The second-order valence-corrected chi connectivity index (χ2v) is 5.98. The van der Waals surface area contributed by atoms with Gasteiger partial charge in [0, 0.05) is 0 Å². The van der Waals surface area contributed by atoms with Gasteiger partial charge in [-0.3, -0.25) is 4.79 Å². The Hall–Kier alpha value is -3.62. The van der Waals surface area contributed by atoms with Crippen LogP contribution in [0, 0.1) is 0 Å². The zero-order valence-corrected chi connectivity index (χ0v) is 15.1. The van der Waals surface area contributed by atoms with Gasteiger partial charge in [0.15, 0.2) is 5.71 Å². The third-order valence-corrected chi connectivity index (χ3v) is 3.97. The average Bonchev–Trinajstić information content (AvgIpc) is 3.01. The lowest BCUT2D eigenvalue weighted by atomic mass is 10.1. The van der Waals surface area contributed by atoms with Gasteiger partial charge in [-0.1, -0.05) is 12.1 Å². The Labute approximate surface area is 163 Å². The van der Waals surface area contributed by atoms with E-state index in [-0.39, 0.29) is 23.6 Å². The standard InChI is InChI=1S/C20H15F3N2O4/c1-2-29-19(28)13-5-7-14(8-6-13)25-18(27)16(17(24-25)20(21,22)23)11-12-3-9-15(26)10-4-12/h3-11,26H,2H2,1H3. The Bertz CT molecular complexity index is 994. The van der Waals surface area contributed by atoms with Crippen molar-refractivity contribution < 1.29 is 32.6 Å². The van der Waals surface area contributed by atoms with E-state index in [1.54, 1.807) is 6.92 Å². The van der Waals surface area contributed by atoms with Crippen LogP contribution in [0.15, 0.2) is 59.2 Å². The van der Waals surface area contributed by atoms with Crippen molar-refractivity contribution in [2.24, 2.45) is 5.10 Å². The monoisotopic (exact) mass is 404 g/mol. The molecule has 0 bridgehead atoms. The van der Waals surface area contributed by atoms with Crippen molar-refractivity contribution in [1.82, 2.24) is 0 Å². The maximum absolute atomic E-state index is 13.4. The van der Waals surface area contributed by atoms with Gasteiger partial charge in [-0.15, -0.1) is 0 Å². The first-order valence-electron chi connectivity index (χ1n) is 8.49. The molecule has 0 spiro atoms. The van der Waals surface area contributed by atoms with Crippen LogP contribution in [-0.2, 0) is 9.53 Å². The van der Waals surface area contributed by atoms with Crippen LogP contribution in [0.25, 0.3) is 6.08 Å². The topological polar surface area (TPSA) is 79.2 Å². The van der Waals surface area contributed by atoms with E-state index in [1.165, 1.54) is 48.5 Å². The molecule has 0 fully saturated rings. The molecule has 1 N–H and O–H groups in total. The van der Waals surface area contributed by atoms with Crippen molar-refractivity contribution in [2.45, 2.75) is 13.1 Å². The number of amides is 1. The van der Waals surface area contributed by atoms with Crippen molar-refractivity contribution >= 4 is 29.4 Å². The molecule has 3 rings (SSSR count). The molecule has 150 valence electrons. The molecule has 2 aromatic carbocycles. The zero-order chi connectivity index (χ0) is 21.2. The van der Waals surface area contributed by atoms with Crippen LogP contribution in [0.5, 0.6) is 5.75 Å². The van der Waals surface area contributed by atoms with E-state index in [2.05, 4.69) is 5.10 Å². The highest BCUT2D eigenvalue weighted by Crippen LogP contribution is 2.32. The number of alkyl halides is 3. The lowest BCUT2D eigenvalue weighted by Gasteiger charge is -2.12. The summed E-state index contributed by atoms with van der Waals surface area (Å²) in [5, 5.41) is 13.4. The number of halogens is 3. The molecular weight excluding hydrogens is 389 g/mol. The largest absolute Gasteiger partial charge is 0.508 e. The number of phenolic OH excluding ortho intramolecular Hbond substituents is 1. The number of hydrazone groups is 1. The molecule has 2 aromatic rings. The van der Waals surface area contributed by atoms with Crippen LogP contribution < -0.4 is 5.01 Å². The number of carbonyl (C=O) groups excluding carboxylic acids is 2. The summed E-state index contributed by atoms with van der Waals surface area (Å²) in [4.78, 5) is 24.4. The Morgan fingerprint density at radius 3 is 2.31 bits per heavy atom. The number of phenols is 1. The lowest BCUT2D eigenvalue weighted by molar-refractivity contribution is -0.114. The van der Waals surface area contributed by atoms with Gasteiger partial charge in [-0.05, 0) is 55.0 Å². The molecule has 0 aromatic heterocycles. The Kier molecular flexibility index (Phi) is 5.40. The summed E-state index contributed by atoms with van der Waals surface area (Å²) >= 11 is 0. The Morgan fingerprint density at radius 1 is 1.14 bits per heavy atom. The number of hydrogen-bond acceptors (Lipinski definition) is 5. The minimum atomic E-state index is -4.85. The number of anilines is 1. The van der Waals surface area contributed by atoms with E-state index in [0.717, 1.165) is 6.08 Å². The highest BCUT2D eigenvalue weighted by Gasteiger charge is 2.46. The molecule has 1 aliphatic rings.